The second-order valence-electron chi connectivity index (χ2n) is 5.90. The highest BCUT2D eigenvalue weighted by Gasteiger charge is 2.37. The Balaban J connectivity index is 2.04. The number of hydrogen-bond donors (Lipinski definition) is 1. The van der Waals surface area contributed by atoms with Crippen LogP contribution < -0.4 is 0 Å². The molecule has 2 fully saturated rings. The molecule has 20 heavy (non-hydrogen) atoms. The second-order valence-corrected chi connectivity index (χ2v) is 5.90. The maximum Gasteiger partial charge on any atom is 0.326 e. The van der Waals surface area contributed by atoms with Crippen LogP contribution in [0.25, 0.3) is 0 Å². The summed E-state index contributed by atoms with van der Waals surface area (Å²) in [5.41, 5.74) is 0. The van der Waals surface area contributed by atoms with E-state index in [9.17, 15) is 19.5 Å². The van der Waals surface area contributed by atoms with Gasteiger partial charge in [0.15, 0.2) is 0 Å². The summed E-state index contributed by atoms with van der Waals surface area (Å²) in [4.78, 5) is 37.2. The number of nitrogens with zero attached hydrogens (tertiary/aromatic N) is 1. The van der Waals surface area contributed by atoms with Crippen molar-refractivity contribution in [2.24, 2.45) is 5.92 Å². The minimum atomic E-state index is -0.994. The van der Waals surface area contributed by atoms with Gasteiger partial charge in [-0.2, -0.15) is 0 Å². The van der Waals surface area contributed by atoms with E-state index in [2.05, 4.69) is 0 Å². The second kappa shape index (κ2) is 6.86. The monoisotopic (exact) mass is 281 g/mol. The van der Waals surface area contributed by atoms with Crippen molar-refractivity contribution in [3.63, 3.8) is 0 Å². The largest absolute Gasteiger partial charge is 0.480 e. The number of Topliss-reactive ketones (excluding diaryl/α,β-unsaturated/α-hetero) is 1. The summed E-state index contributed by atoms with van der Waals surface area (Å²) >= 11 is 0. The number of hydrogen-bond acceptors (Lipinski definition) is 3. The standard InChI is InChI=1S/C15H23NO4/c17-13(11-7-3-1-2-4-8-11)14(18)16-10-6-5-9-12(16)15(19)20/h11-12H,1-10H2,(H,19,20). The van der Waals surface area contributed by atoms with Crippen LogP contribution in [0.2, 0.25) is 0 Å². The van der Waals surface area contributed by atoms with Crippen LogP contribution in [0.15, 0.2) is 0 Å². The van der Waals surface area contributed by atoms with Crippen molar-refractivity contribution in [3.05, 3.63) is 0 Å². The van der Waals surface area contributed by atoms with E-state index < -0.39 is 17.9 Å². The minimum absolute atomic E-state index is 0.193. The van der Waals surface area contributed by atoms with E-state index in [1.807, 2.05) is 0 Å². The first-order valence-electron chi connectivity index (χ1n) is 7.69. The van der Waals surface area contributed by atoms with E-state index in [1.165, 1.54) is 4.90 Å². The smallest absolute Gasteiger partial charge is 0.326 e. The number of carbonyl (C=O) groups excluding carboxylic acids is 2. The molecule has 0 aromatic heterocycles. The SMILES string of the molecule is O=C(C(=O)N1CCCCC1C(=O)O)C1CCCCCC1. The Morgan fingerprint density at radius 1 is 0.850 bits per heavy atom. The predicted molar refractivity (Wildman–Crippen MR) is 73.2 cm³/mol. The molecule has 1 aliphatic carbocycles. The highest BCUT2D eigenvalue weighted by molar-refractivity contribution is 6.37. The first kappa shape index (κ1) is 15.0. The number of rotatable bonds is 3. The van der Waals surface area contributed by atoms with E-state index in [0.29, 0.717) is 13.0 Å². The first-order chi connectivity index (χ1) is 9.61. The molecule has 5 nitrogen and oxygen atoms in total. The average molecular weight is 281 g/mol. The predicted octanol–water partition coefficient (Wildman–Crippen LogP) is 1.99. The lowest BCUT2D eigenvalue weighted by molar-refractivity contribution is -0.156. The maximum atomic E-state index is 12.3. The molecule has 1 saturated heterocycles. The van der Waals surface area contributed by atoms with Gasteiger partial charge in [0, 0.05) is 12.5 Å². The molecule has 112 valence electrons. The van der Waals surface area contributed by atoms with Crippen molar-refractivity contribution in [1.82, 2.24) is 4.90 Å². The molecule has 1 atom stereocenters. The number of amides is 1. The summed E-state index contributed by atoms with van der Waals surface area (Å²) in [6.45, 7) is 0.397. The quantitative estimate of drug-likeness (QED) is 0.634. The molecule has 2 rings (SSSR count). The normalized spacial score (nSPS) is 25.0. The van der Waals surface area contributed by atoms with Crippen LogP contribution in [0.4, 0.5) is 0 Å². The Kier molecular flexibility index (Phi) is 5.15. The summed E-state index contributed by atoms with van der Waals surface area (Å²) in [5.74, 6) is -2.11. The van der Waals surface area contributed by atoms with Gasteiger partial charge in [-0.15, -0.1) is 0 Å². The highest BCUT2D eigenvalue weighted by atomic mass is 16.4. The number of ketones is 1. The molecule has 0 radical (unpaired) electrons. The molecule has 1 saturated carbocycles. The number of carboxylic acid groups (broad SMARTS) is 1. The number of carbonyl (C=O) groups is 3. The molecule has 0 aromatic carbocycles. The lowest BCUT2D eigenvalue weighted by atomic mass is 9.93. The van der Waals surface area contributed by atoms with Crippen molar-refractivity contribution in [1.29, 1.82) is 0 Å². The van der Waals surface area contributed by atoms with Crippen molar-refractivity contribution in [2.45, 2.75) is 63.8 Å². The Morgan fingerprint density at radius 2 is 1.45 bits per heavy atom. The molecular weight excluding hydrogens is 258 g/mol. The number of aliphatic carboxylic acids is 1. The van der Waals surface area contributed by atoms with Gasteiger partial charge in [0.2, 0.25) is 5.78 Å². The van der Waals surface area contributed by atoms with Gasteiger partial charge in [-0.05, 0) is 32.1 Å². The van der Waals surface area contributed by atoms with E-state index >= 15 is 0 Å². The van der Waals surface area contributed by atoms with Crippen LogP contribution >= 0.6 is 0 Å². The zero-order valence-electron chi connectivity index (χ0n) is 11.8. The lowest BCUT2D eigenvalue weighted by Gasteiger charge is -2.33. The summed E-state index contributed by atoms with van der Waals surface area (Å²) in [6.07, 6.45) is 7.83. The molecule has 1 amide bonds. The molecule has 1 heterocycles. The Bertz CT molecular complexity index is 385. The first-order valence-corrected chi connectivity index (χ1v) is 7.69. The molecule has 1 N–H and O–H groups in total. The topological polar surface area (TPSA) is 74.7 Å². The average Bonchev–Trinajstić information content (AvgIpc) is 2.74. The number of carboxylic acids is 1. The van der Waals surface area contributed by atoms with Crippen LogP contribution in [0.1, 0.15) is 57.8 Å². The Morgan fingerprint density at radius 3 is 2.05 bits per heavy atom. The fourth-order valence-corrected chi connectivity index (χ4v) is 3.29. The van der Waals surface area contributed by atoms with Gasteiger partial charge in [-0.25, -0.2) is 4.79 Å². The third-order valence-corrected chi connectivity index (χ3v) is 4.49. The fourth-order valence-electron chi connectivity index (χ4n) is 3.29. The number of likely N-dealkylation sites (tertiary alicyclic amines) is 1. The zero-order chi connectivity index (χ0) is 14.5. The van der Waals surface area contributed by atoms with Crippen LogP contribution in [-0.4, -0.2) is 40.3 Å². The van der Waals surface area contributed by atoms with Crippen LogP contribution in [0.3, 0.4) is 0 Å². The van der Waals surface area contributed by atoms with Gasteiger partial charge in [-0.3, -0.25) is 9.59 Å². The molecule has 0 spiro atoms. The summed E-state index contributed by atoms with van der Waals surface area (Å²) < 4.78 is 0. The van der Waals surface area contributed by atoms with Gasteiger partial charge in [0.1, 0.15) is 6.04 Å². The Hall–Kier alpha value is -1.39. The summed E-state index contributed by atoms with van der Waals surface area (Å²) in [6, 6.07) is -0.814. The van der Waals surface area contributed by atoms with Gasteiger partial charge < -0.3 is 10.0 Å². The maximum absolute atomic E-state index is 12.3. The Labute approximate surface area is 119 Å². The third-order valence-electron chi connectivity index (χ3n) is 4.49. The highest BCUT2D eigenvalue weighted by Crippen LogP contribution is 2.25. The van der Waals surface area contributed by atoms with Crippen LogP contribution in [-0.2, 0) is 14.4 Å². The van der Waals surface area contributed by atoms with E-state index in [4.69, 9.17) is 0 Å². The van der Waals surface area contributed by atoms with Crippen molar-refractivity contribution in [2.75, 3.05) is 6.54 Å². The summed E-state index contributed by atoms with van der Waals surface area (Å²) in [5, 5.41) is 9.19. The molecule has 5 heteroatoms. The molecular formula is C15H23NO4. The van der Waals surface area contributed by atoms with E-state index in [0.717, 1.165) is 51.4 Å². The molecule has 2 aliphatic rings. The summed E-state index contributed by atoms with van der Waals surface area (Å²) in [7, 11) is 0. The number of piperidine rings is 1. The molecule has 1 aliphatic heterocycles. The van der Waals surface area contributed by atoms with Crippen molar-refractivity contribution in [3.8, 4) is 0 Å². The van der Waals surface area contributed by atoms with Crippen molar-refractivity contribution < 1.29 is 19.5 Å². The third kappa shape index (κ3) is 3.38. The van der Waals surface area contributed by atoms with E-state index in [1.54, 1.807) is 0 Å². The van der Waals surface area contributed by atoms with Gasteiger partial charge in [0.05, 0.1) is 0 Å². The van der Waals surface area contributed by atoms with Crippen molar-refractivity contribution >= 4 is 17.7 Å². The molecule has 0 aromatic rings. The van der Waals surface area contributed by atoms with Crippen LogP contribution in [0.5, 0.6) is 0 Å². The van der Waals surface area contributed by atoms with Gasteiger partial charge >= 0.3 is 5.97 Å². The zero-order valence-corrected chi connectivity index (χ0v) is 11.8. The lowest BCUT2D eigenvalue weighted by Crippen LogP contribution is -2.51. The van der Waals surface area contributed by atoms with E-state index in [-0.39, 0.29) is 11.7 Å². The fraction of sp³-hybridized carbons (Fsp3) is 0.800. The molecule has 0 bridgehead atoms. The molecule has 1 unspecified atom stereocenters. The van der Waals surface area contributed by atoms with Gasteiger partial charge in [0.25, 0.3) is 5.91 Å². The minimum Gasteiger partial charge on any atom is -0.480 e. The van der Waals surface area contributed by atoms with Gasteiger partial charge in [-0.1, -0.05) is 25.7 Å². The van der Waals surface area contributed by atoms with Crippen LogP contribution in [0, 0.1) is 5.92 Å².